The molecule has 3 amide bonds. The van der Waals surface area contributed by atoms with Gasteiger partial charge in [-0.15, -0.1) is 0 Å². The SMILES string of the molecule is O=C(CN1CCCC(O)C1)NC(=O)NCC(F)(F)F. The average molecular weight is 283 g/mol. The van der Waals surface area contributed by atoms with Crippen molar-refractivity contribution in [2.24, 2.45) is 0 Å². The third-order valence-corrected chi connectivity index (χ3v) is 2.55. The van der Waals surface area contributed by atoms with Gasteiger partial charge >= 0.3 is 12.2 Å². The van der Waals surface area contributed by atoms with Crippen LogP contribution in [0.15, 0.2) is 0 Å². The topological polar surface area (TPSA) is 81.7 Å². The van der Waals surface area contributed by atoms with Crippen LogP contribution in [0.5, 0.6) is 0 Å². The van der Waals surface area contributed by atoms with Crippen LogP contribution in [-0.4, -0.2) is 60.4 Å². The van der Waals surface area contributed by atoms with E-state index in [1.807, 2.05) is 0 Å². The van der Waals surface area contributed by atoms with Gasteiger partial charge in [-0.1, -0.05) is 0 Å². The quantitative estimate of drug-likeness (QED) is 0.672. The number of amides is 3. The number of piperidine rings is 1. The lowest BCUT2D eigenvalue weighted by molar-refractivity contribution is -0.125. The van der Waals surface area contributed by atoms with Crippen LogP contribution in [0.3, 0.4) is 0 Å². The molecule has 1 atom stereocenters. The highest BCUT2D eigenvalue weighted by molar-refractivity contribution is 5.95. The molecule has 1 heterocycles. The highest BCUT2D eigenvalue weighted by Gasteiger charge is 2.28. The minimum Gasteiger partial charge on any atom is -0.392 e. The number of halogens is 3. The van der Waals surface area contributed by atoms with Gasteiger partial charge in [0.2, 0.25) is 5.91 Å². The van der Waals surface area contributed by atoms with Crippen LogP contribution in [0.4, 0.5) is 18.0 Å². The number of nitrogens with one attached hydrogen (secondary N) is 2. The van der Waals surface area contributed by atoms with E-state index < -0.39 is 30.8 Å². The number of urea groups is 1. The Morgan fingerprint density at radius 1 is 1.37 bits per heavy atom. The van der Waals surface area contributed by atoms with Crippen molar-refractivity contribution >= 4 is 11.9 Å². The van der Waals surface area contributed by atoms with Crippen LogP contribution < -0.4 is 10.6 Å². The monoisotopic (exact) mass is 283 g/mol. The predicted octanol–water partition coefficient (Wildman–Crippen LogP) is -0.169. The summed E-state index contributed by atoms with van der Waals surface area (Å²) in [6, 6.07) is -1.18. The van der Waals surface area contributed by atoms with Crippen molar-refractivity contribution in [2.75, 3.05) is 26.2 Å². The smallest absolute Gasteiger partial charge is 0.392 e. The average Bonchev–Trinajstić information content (AvgIpc) is 2.25. The van der Waals surface area contributed by atoms with Gasteiger partial charge in [-0.3, -0.25) is 15.0 Å². The van der Waals surface area contributed by atoms with E-state index in [1.165, 1.54) is 5.32 Å². The first-order valence-corrected chi connectivity index (χ1v) is 5.81. The van der Waals surface area contributed by atoms with Gasteiger partial charge in [-0.05, 0) is 19.4 Å². The second-order valence-corrected chi connectivity index (χ2v) is 4.38. The third kappa shape index (κ3) is 6.97. The summed E-state index contributed by atoms with van der Waals surface area (Å²) < 4.78 is 35.4. The van der Waals surface area contributed by atoms with E-state index in [2.05, 4.69) is 0 Å². The number of carbonyl (C=O) groups excluding carboxylic acids is 2. The fourth-order valence-corrected chi connectivity index (χ4v) is 1.77. The fourth-order valence-electron chi connectivity index (χ4n) is 1.77. The fraction of sp³-hybridized carbons (Fsp3) is 0.800. The molecule has 1 saturated heterocycles. The molecule has 1 fully saturated rings. The maximum Gasteiger partial charge on any atom is 0.405 e. The second-order valence-electron chi connectivity index (χ2n) is 4.38. The first-order chi connectivity index (χ1) is 8.76. The van der Waals surface area contributed by atoms with E-state index >= 15 is 0 Å². The van der Waals surface area contributed by atoms with Crippen LogP contribution in [0.2, 0.25) is 0 Å². The van der Waals surface area contributed by atoms with E-state index in [4.69, 9.17) is 0 Å². The van der Waals surface area contributed by atoms with Gasteiger partial charge in [0.15, 0.2) is 0 Å². The van der Waals surface area contributed by atoms with Gasteiger partial charge in [-0.2, -0.15) is 13.2 Å². The zero-order chi connectivity index (χ0) is 14.5. The Hall–Kier alpha value is -1.35. The molecule has 19 heavy (non-hydrogen) atoms. The van der Waals surface area contributed by atoms with E-state index in [1.54, 1.807) is 10.2 Å². The zero-order valence-corrected chi connectivity index (χ0v) is 10.2. The number of aliphatic hydroxyl groups excluding tert-OH is 1. The molecule has 1 rings (SSSR count). The first kappa shape index (κ1) is 15.7. The molecule has 0 aromatic carbocycles. The molecule has 110 valence electrons. The summed E-state index contributed by atoms with van der Waals surface area (Å²) in [5.74, 6) is -0.700. The van der Waals surface area contributed by atoms with Gasteiger partial charge in [0.05, 0.1) is 12.6 Å². The van der Waals surface area contributed by atoms with Gasteiger partial charge in [0.25, 0.3) is 0 Å². The number of nitrogens with zero attached hydrogens (tertiary/aromatic N) is 1. The number of likely N-dealkylation sites (tertiary alicyclic amines) is 1. The Kier molecular flexibility index (Phi) is 5.55. The first-order valence-electron chi connectivity index (χ1n) is 5.81. The van der Waals surface area contributed by atoms with Crippen LogP contribution in [0.1, 0.15) is 12.8 Å². The second kappa shape index (κ2) is 6.71. The molecular formula is C10H16F3N3O3. The van der Waals surface area contributed by atoms with Crippen molar-refractivity contribution in [3.05, 3.63) is 0 Å². The van der Waals surface area contributed by atoms with Crippen molar-refractivity contribution in [1.29, 1.82) is 0 Å². The highest BCUT2D eigenvalue weighted by atomic mass is 19.4. The van der Waals surface area contributed by atoms with E-state index in [9.17, 15) is 27.9 Å². The number of hydrogen-bond donors (Lipinski definition) is 3. The lowest BCUT2D eigenvalue weighted by atomic mass is 10.1. The van der Waals surface area contributed by atoms with Crippen LogP contribution in [-0.2, 0) is 4.79 Å². The molecular weight excluding hydrogens is 267 g/mol. The summed E-state index contributed by atoms with van der Waals surface area (Å²) in [5, 5.41) is 12.7. The van der Waals surface area contributed by atoms with E-state index in [0.717, 1.165) is 6.42 Å². The molecule has 0 spiro atoms. The Balaban J connectivity index is 2.25. The van der Waals surface area contributed by atoms with E-state index in [0.29, 0.717) is 19.5 Å². The van der Waals surface area contributed by atoms with Crippen molar-refractivity contribution in [1.82, 2.24) is 15.5 Å². The van der Waals surface area contributed by atoms with Crippen LogP contribution >= 0.6 is 0 Å². The molecule has 6 nitrogen and oxygen atoms in total. The number of hydrogen-bond acceptors (Lipinski definition) is 4. The van der Waals surface area contributed by atoms with Crippen molar-refractivity contribution in [2.45, 2.75) is 25.1 Å². The van der Waals surface area contributed by atoms with Gasteiger partial charge in [-0.25, -0.2) is 4.79 Å². The summed E-state index contributed by atoms with van der Waals surface area (Å²) in [5.41, 5.74) is 0. The standard InChI is InChI=1S/C10H16F3N3O3/c11-10(12,13)6-14-9(19)15-8(18)5-16-3-1-2-7(17)4-16/h7,17H,1-6H2,(H2,14,15,18,19). The van der Waals surface area contributed by atoms with E-state index in [-0.39, 0.29) is 6.54 Å². The number of carbonyl (C=O) groups is 2. The number of aliphatic hydroxyl groups is 1. The van der Waals surface area contributed by atoms with Gasteiger partial charge < -0.3 is 10.4 Å². The van der Waals surface area contributed by atoms with Crippen molar-refractivity contribution in [3.8, 4) is 0 Å². The summed E-state index contributed by atoms with van der Waals surface area (Å²) in [7, 11) is 0. The molecule has 1 unspecified atom stereocenters. The summed E-state index contributed by atoms with van der Waals surface area (Å²) in [4.78, 5) is 24.0. The molecule has 3 N–H and O–H groups in total. The minimum atomic E-state index is -4.52. The minimum absolute atomic E-state index is 0.128. The summed E-state index contributed by atoms with van der Waals surface area (Å²) in [6.07, 6.45) is -3.64. The molecule has 0 saturated carbocycles. The molecule has 0 aromatic heterocycles. The largest absolute Gasteiger partial charge is 0.405 e. The van der Waals surface area contributed by atoms with Gasteiger partial charge in [0, 0.05) is 6.54 Å². The van der Waals surface area contributed by atoms with Crippen LogP contribution in [0, 0.1) is 0 Å². The number of alkyl halides is 3. The molecule has 0 bridgehead atoms. The Labute approximate surface area is 107 Å². The summed E-state index contributed by atoms with van der Waals surface area (Å²) in [6.45, 7) is -0.697. The summed E-state index contributed by atoms with van der Waals surface area (Å²) >= 11 is 0. The maximum absolute atomic E-state index is 11.8. The number of β-amino-alcohol motifs (C(OH)–C–C–N with tert-alkyl or cyclic N) is 1. The lowest BCUT2D eigenvalue weighted by Crippen LogP contribution is -2.48. The van der Waals surface area contributed by atoms with Crippen molar-refractivity contribution < 1.29 is 27.9 Å². The molecule has 0 radical (unpaired) electrons. The normalized spacial score (nSPS) is 20.9. The number of imide groups is 1. The highest BCUT2D eigenvalue weighted by Crippen LogP contribution is 2.12. The molecule has 0 aromatic rings. The maximum atomic E-state index is 11.8. The Morgan fingerprint density at radius 3 is 2.63 bits per heavy atom. The van der Waals surface area contributed by atoms with Crippen LogP contribution in [0.25, 0.3) is 0 Å². The Bertz CT molecular complexity index is 336. The molecule has 1 aliphatic heterocycles. The Morgan fingerprint density at radius 2 is 2.05 bits per heavy atom. The molecule has 0 aliphatic carbocycles. The lowest BCUT2D eigenvalue weighted by Gasteiger charge is -2.29. The molecule has 9 heteroatoms. The van der Waals surface area contributed by atoms with Gasteiger partial charge in [0.1, 0.15) is 6.54 Å². The van der Waals surface area contributed by atoms with Crippen molar-refractivity contribution in [3.63, 3.8) is 0 Å². The number of rotatable bonds is 3. The third-order valence-electron chi connectivity index (χ3n) is 2.55. The molecule has 1 aliphatic rings. The zero-order valence-electron chi connectivity index (χ0n) is 10.2. The predicted molar refractivity (Wildman–Crippen MR) is 59.3 cm³/mol.